The van der Waals surface area contributed by atoms with Crippen molar-refractivity contribution in [1.82, 2.24) is 25.3 Å². The number of aromatic nitrogens is 2. The van der Waals surface area contributed by atoms with Gasteiger partial charge in [-0.3, -0.25) is 9.48 Å². The Labute approximate surface area is 163 Å². The first-order valence-corrected chi connectivity index (χ1v) is 8.59. The van der Waals surface area contributed by atoms with Gasteiger partial charge in [-0.2, -0.15) is 5.10 Å². The smallest absolute Gasteiger partial charge is 0.241 e. The Kier molecular flexibility index (Phi) is 10.7. The minimum absolute atomic E-state index is 0. The zero-order chi connectivity index (χ0) is 16.9. The highest BCUT2D eigenvalue weighted by molar-refractivity contribution is 5.85. The summed E-state index contributed by atoms with van der Waals surface area (Å²) >= 11 is 0. The topological polar surface area (TPSA) is 62.2 Å². The molecule has 1 aromatic heterocycles. The average molecular weight is 394 g/mol. The Balaban J connectivity index is 0.00000288. The fraction of sp³-hybridized carbons (Fsp3) is 0.765. The van der Waals surface area contributed by atoms with E-state index in [2.05, 4.69) is 34.7 Å². The van der Waals surface area contributed by atoms with Crippen molar-refractivity contribution >= 4 is 30.7 Å². The Bertz CT molecular complexity index is 513. The predicted octanol–water partition coefficient (Wildman–Crippen LogP) is 2.30. The van der Waals surface area contributed by atoms with Crippen molar-refractivity contribution in [2.45, 2.75) is 50.1 Å². The highest BCUT2D eigenvalue weighted by Gasteiger charge is 2.34. The fourth-order valence-corrected chi connectivity index (χ4v) is 3.56. The Hall–Kier alpha value is -0.820. The molecule has 0 aromatic carbocycles. The molecule has 25 heavy (non-hydrogen) atoms. The lowest BCUT2D eigenvalue weighted by Crippen LogP contribution is -2.53. The Morgan fingerprint density at radius 1 is 1.28 bits per heavy atom. The van der Waals surface area contributed by atoms with Gasteiger partial charge in [0, 0.05) is 30.9 Å². The van der Waals surface area contributed by atoms with Crippen LogP contribution in [0.3, 0.4) is 0 Å². The molecule has 1 aromatic rings. The highest BCUT2D eigenvalue weighted by Crippen LogP contribution is 2.30. The molecule has 1 heterocycles. The van der Waals surface area contributed by atoms with Crippen LogP contribution in [0.5, 0.6) is 0 Å². The van der Waals surface area contributed by atoms with Crippen molar-refractivity contribution in [3.05, 3.63) is 18.0 Å². The van der Waals surface area contributed by atoms with Gasteiger partial charge in [-0.15, -0.1) is 24.8 Å². The maximum atomic E-state index is 12.6. The maximum Gasteiger partial charge on any atom is 0.241 e. The second kappa shape index (κ2) is 11.0. The summed E-state index contributed by atoms with van der Waals surface area (Å²) in [6, 6.07) is -0.353. The van der Waals surface area contributed by atoms with Crippen molar-refractivity contribution < 1.29 is 4.79 Å². The minimum Gasteiger partial charge on any atom is -0.353 e. The molecule has 2 N–H and O–H groups in total. The molecule has 146 valence electrons. The lowest BCUT2D eigenvalue weighted by Gasteiger charge is -2.40. The van der Waals surface area contributed by atoms with E-state index in [0.29, 0.717) is 6.54 Å². The monoisotopic (exact) mass is 393 g/mol. The van der Waals surface area contributed by atoms with Crippen LogP contribution in [-0.2, 0) is 11.8 Å². The van der Waals surface area contributed by atoms with Crippen LogP contribution >= 0.6 is 24.8 Å². The number of halogens is 2. The lowest BCUT2D eigenvalue weighted by atomic mass is 9.88. The minimum atomic E-state index is -0.353. The second-order valence-corrected chi connectivity index (χ2v) is 6.92. The van der Waals surface area contributed by atoms with Gasteiger partial charge in [-0.1, -0.05) is 25.7 Å². The normalized spacial score (nSPS) is 17.8. The summed E-state index contributed by atoms with van der Waals surface area (Å²) in [7, 11) is 7.94. The standard InChI is InChI=1S/C17H31N5O.2ClH/c1-18-15(14-11-20-22(4)12-14)16(23)19-13-17(21(2)3)9-7-5-6-8-10-17;;/h11-12,15,18H,5-10,13H2,1-4H3,(H,19,23);2*1H. The number of likely N-dealkylation sites (N-methyl/N-ethyl adjacent to an activating group) is 2. The first-order valence-electron chi connectivity index (χ1n) is 8.59. The van der Waals surface area contributed by atoms with Gasteiger partial charge in [0.2, 0.25) is 5.91 Å². The highest BCUT2D eigenvalue weighted by atomic mass is 35.5. The third-order valence-corrected chi connectivity index (χ3v) is 5.18. The number of carbonyl (C=O) groups excluding carboxylic acids is 1. The van der Waals surface area contributed by atoms with Crippen molar-refractivity contribution in [3.63, 3.8) is 0 Å². The molecule has 1 saturated carbocycles. The average Bonchev–Trinajstić information content (AvgIpc) is 2.80. The molecule has 1 amide bonds. The second-order valence-electron chi connectivity index (χ2n) is 6.92. The van der Waals surface area contributed by atoms with Gasteiger partial charge in [-0.25, -0.2) is 0 Å². The molecule has 0 radical (unpaired) electrons. The van der Waals surface area contributed by atoms with Crippen molar-refractivity contribution in [2.24, 2.45) is 7.05 Å². The number of carbonyl (C=O) groups is 1. The molecule has 0 aliphatic heterocycles. The van der Waals surface area contributed by atoms with E-state index in [1.165, 1.54) is 25.7 Å². The van der Waals surface area contributed by atoms with Gasteiger partial charge in [0.1, 0.15) is 6.04 Å². The lowest BCUT2D eigenvalue weighted by molar-refractivity contribution is -0.123. The number of amides is 1. The molecule has 1 aliphatic carbocycles. The molecular weight excluding hydrogens is 361 g/mol. The van der Waals surface area contributed by atoms with E-state index in [-0.39, 0.29) is 42.3 Å². The molecule has 0 saturated heterocycles. The van der Waals surface area contributed by atoms with E-state index in [0.717, 1.165) is 18.4 Å². The molecule has 0 spiro atoms. The zero-order valence-electron chi connectivity index (χ0n) is 15.7. The third kappa shape index (κ3) is 6.13. The van der Waals surface area contributed by atoms with Crippen LogP contribution in [0.4, 0.5) is 0 Å². The Morgan fingerprint density at radius 3 is 2.32 bits per heavy atom. The molecule has 6 nitrogen and oxygen atoms in total. The van der Waals surface area contributed by atoms with E-state index >= 15 is 0 Å². The van der Waals surface area contributed by atoms with Crippen LogP contribution in [0.25, 0.3) is 0 Å². The van der Waals surface area contributed by atoms with Gasteiger partial charge >= 0.3 is 0 Å². The van der Waals surface area contributed by atoms with Gasteiger partial charge in [-0.05, 0) is 34.0 Å². The molecule has 8 heteroatoms. The van der Waals surface area contributed by atoms with Gasteiger partial charge < -0.3 is 15.5 Å². The number of hydrogen-bond donors (Lipinski definition) is 2. The SMILES string of the molecule is CNC(C(=O)NCC1(N(C)C)CCCCCC1)c1cnn(C)c1.Cl.Cl. The predicted molar refractivity (Wildman–Crippen MR) is 107 cm³/mol. The van der Waals surface area contributed by atoms with E-state index < -0.39 is 0 Å². The molecule has 1 unspecified atom stereocenters. The summed E-state index contributed by atoms with van der Waals surface area (Å²) in [4.78, 5) is 15.0. The Morgan fingerprint density at radius 2 is 1.88 bits per heavy atom. The summed E-state index contributed by atoms with van der Waals surface area (Å²) in [5, 5.41) is 10.4. The number of hydrogen-bond acceptors (Lipinski definition) is 4. The van der Waals surface area contributed by atoms with E-state index in [9.17, 15) is 4.79 Å². The largest absolute Gasteiger partial charge is 0.353 e. The van der Waals surface area contributed by atoms with E-state index in [4.69, 9.17) is 0 Å². The van der Waals surface area contributed by atoms with Crippen LogP contribution < -0.4 is 10.6 Å². The zero-order valence-corrected chi connectivity index (χ0v) is 17.4. The summed E-state index contributed by atoms with van der Waals surface area (Å²) in [6.45, 7) is 0.706. The summed E-state index contributed by atoms with van der Waals surface area (Å²) in [6.07, 6.45) is 11.0. The molecule has 1 aliphatic rings. The summed E-state index contributed by atoms with van der Waals surface area (Å²) < 4.78 is 1.72. The van der Waals surface area contributed by atoms with Crippen molar-refractivity contribution in [1.29, 1.82) is 0 Å². The molecule has 0 bridgehead atoms. The van der Waals surface area contributed by atoms with Gasteiger partial charge in [0.05, 0.1) is 6.20 Å². The third-order valence-electron chi connectivity index (χ3n) is 5.18. The molecule has 1 atom stereocenters. The van der Waals surface area contributed by atoms with Crippen LogP contribution in [0, 0.1) is 0 Å². The van der Waals surface area contributed by atoms with E-state index in [1.807, 2.05) is 20.3 Å². The van der Waals surface area contributed by atoms with E-state index in [1.54, 1.807) is 10.9 Å². The molecular formula is C17H33Cl2N5O. The van der Waals surface area contributed by atoms with Crippen LogP contribution in [-0.4, -0.2) is 53.8 Å². The maximum absolute atomic E-state index is 12.6. The van der Waals surface area contributed by atoms with Crippen LogP contribution in [0.1, 0.15) is 50.1 Å². The van der Waals surface area contributed by atoms with Crippen molar-refractivity contribution in [2.75, 3.05) is 27.7 Å². The first-order chi connectivity index (χ1) is 11.0. The van der Waals surface area contributed by atoms with Crippen molar-refractivity contribution in [3.8, 4) is 0 Å². The molecule has 1 fully saturated rings. The first kappa shape index (κ1) is 24.2. The summed E-state index contributed by atoms with van der Waals surface area (Å²) in [5.74, 6) is 0.0194. The number of aryl methyl sites for hydroxylation is 1. The number of rotatable bonds is 6. The number of nitrogens with one attached hydrogen (secondary N) is 2. The van der Waals surface area contributed by atoms with Gasteiger partial charge in [0.25, 0.3) is 0 Å². The van der Waals surface area contributed by atoms with Gasteiger partial charge in [0.15, 0.2) is 0 Å². The summed E-state index contributed by atoms with van der Waals surface area (Å²) in [5.41, 5.74) is 0.978. The van der Waals surface area contributed by atoms with Crippen LogP contribution in [0.2, 0.25) is 0 Å². The molecule has 2 rings (SSSR count). The fourth-order valence-electron chi connectivity index (χ4n) is 3.56. The quantitative estimate of drug-likeness (QED) is 0.727. The number of nitrogens with zero attached hydrogens (tertiary/aromatic N) is 3. The van der Waals surface area contributed by atoms with Crippen LogP contribution in [0.15, 0.2) is 12.4 Å².